The van der Waals surface area contributed by atoms with Crippen LogP contribution < -0.4 is 5.32 Å². The molecule has 0 unspecified atom stereocenters. The van der Waals surface area contributed by atoms with Gasteiger partial charge in [0.05, 0.1) is 6.42 Å². The first-order valence-corrected chi connectivity index (χ1v) is 5.65. The third-order valence-corrected chi connectivity index (χ3v) is 2.24. The molecular formula is C10H14BN2O5. The largest absolute Gasteiger partial charge is 0.356 e. The van der Waals surface area contributed by atoms with E-state index in [0.29, 0.717) is 5.06 Å². The van der Waals surface area contributed by atoms with Gasteiger partial charge >= 0.3 is 5.97 Å². The van der Waals surface area contributed by atoms with Crippen LogP contribution in [0.25, 0.3) is 0 Å². The minimum atomic E-state index is -0.723. The average Bonchev–Trinajstić information content (AvgIpc) is 2.61. The van der Waals surface area contributed by atoms with E-state index < -0.39 is 17.8 Å². The maximum Gasteiger partial charge on any atom is 0.334 e. The van der Waals surface area contributed by atoms with Gasteiger partial charge in [-0.15, -0.1) is 5.06 Å². The van der Waals surface area contributed by atoms with Crippen molar-refractivity contribution in [2.24, 2.45) is 0 Å². The Morgan fingerprint density at radius 2 is 1.94 bits per heavy atom. The molecule has 1 aliphatic heterocycles. The molecule has 1 heterocycles. The average molecular weight is 253 g/mol. The fourth-order valence-electron chi connectivity index (χ4n) is 1.37. The molecule has 18 heavy (non-hydrogen) atoms. The van der Waals surface area contributed by atoms with Crippen LogP contribution in [0.4, 0.5) is 0 Å². The molecule has 8 heteroatoms. The van der Waals surface area contributed by atoms with Crippen molar-refractivity contribution >= 4 is 31.0 Å². The van der Waals surface area contributed by atoms with Crippen molar-refractivity contribution in [3.05, 3.63) is 0 Å². The van der Waals surface area contributed by atoms with E-state index in [1.807, 2.05) is 0 Å². The summed E-state index contributed by atoms with van der Waals surface area (Å²) in [6.45, 7) is 1.86. The van der Waals surface area contributed by atoms with Crippen LogP contribution >= 0.6 is 0 Å². The van der Waals surface area contributed by atoms with E-state index in [-0.39, 0.29) is 38.0 Å². The molecular weight excluding hydrogens is 239 g/mol. The zero-order chi connectivity index (χ0) is 13.5. The van der Waals surface area contributed by atoms with E-state index >= 15 is 0 Å². The maximum atomic E-state index is 11.3. The predicted molar refractivity (Wildman–Crippen MR) is 61.2 cm³/mol. The highest BCUT2D eigenvalue weighted by molar-refractivity contribution is 6.39. The number of rotatable bonds is 6. The van der Waals surface area contributed by atoms with E-state index in [9.17, 15) is 19.2 Å². The van der Waals surface area contributed by atoms with Crippen molar-refractivity contribution in [3.63, 3.8) is 0 Å². The monoisotopic (exact) mass is 253 g/mol. The smallest absolute Gasteiger partial charge is 0.334 e. The van der Waals surface area contributed by atoms with Crippen LogP contribution in [-0.4, -0.2) is 42.6 Å². The highest BCUT2D eigenvalue weighted by Crippen LogP contribution is 2.12. The van der Waals surface area contributed by atoms with Gasteiger partial charge in [0.15, 0.2) is 0 Å². The van der Waals surface area contributed by atoms with Gasteiger partial charge in [-0.3, -0.25) is 14.4 Å². The summed E-state index contributed by atoms with van der Waals surface area (Å²) < 4.78 is 0. The highest BCUT2D eigenvalue weighted by atomic mass is 16.7. The Morgan fingerprint density at radius 1 is 1.33 bits per heavy atom. The normalized spacial score (nSPS) is 14.6. The fourth-order valence-corrected chi connectivity index (χ4v) is 1.37. The molecule has 1 aliphatic rings. The van der Waals surface area contributed by atoms with Gasteiger partial charge in [-0.1, -0.05) is 6.82 Å². The van der Waals surface area contributed by atoms with Crippen molar-refractivity contribution in [2.75, 3.05) is 6.54 Å². The molecule has 0 saturated carbocycles. The Balaban J connectivity index is 2.23. The van der Waals surface area contributed by atoms with E-state index in [0.717, 1.165) is 0 Å². The molecule has 0 bridgehead atoms. The van der Waals surface area contributed by atoms with Crippen LogP contribution in [0.15, 0.2) is 0 Å². The number of hydroxylamine groups is 2. The maximum absolute atomic E-state index is 11.3. The summed E-state index contributed by atoms with van der Waals surface area (Å²) in [5.74, 6) is -1.95. The first kappa shape index (κ1) is 14.2. The molecule has 97 valence electrons. The summed E-state index contributed by atoms with van der Waals surface area (Å²) in [4.78, 5) is 49.3. The van der Waals surface area contributed by atoms with Gasteiger partial charge in [0, 0.05) is 19.4 Å². The molecule has 0 aliphatic carbocycles. The minimum Gasteiger partial charge on any atom is -0.356 e. The van der Waals surface area contributed by atoms with Crippen LogP contribution in [0, 0.1) is 0 Å². The molecule has 1 fully saturated rings. The molecule has 0 aromatic heterocycles. The van der Waals surface area contributed by atoms with Crippen molar-refractivity contribution in [1.82, 2.24) is 10.4 Å². The second-order valence-corrected chi connectivity index (χ2v) is 3.76. The SMILES string of the molecule is C[B]CC(=O)NCCC(=O)ON1C(=O)CCC1=O. The zero-order valence-electron chi connectivity index (χ0n) is 10.1. The lowest BCUT2D eigenvalue weighted by molar-refractivity contribution is -0.197. The molecule has 3 amide bonds. The molecule has 7 nitrogen and oxygen atoms in total. The Kier molecular flexibility index (Phi) is 5.35. The van der Waals surface area contributed by atoms with Gasteiger partial charge in [-0.05, 0) is 6.32 Å². The quantitative estimate of drug-likeness (QED) is 0.497. The third-order valence-electron chi connectivity index (χ3n) is 2.24. The van der Waals surface area contributed by atoms with Crippen molar-refractivity contribution in [1.29, 1.82) is 0 Å². The highest BCUT2D eigenvalue weighted by Gasteiger charge is 2.32. The van der Waals surface area contributed by atoms with Gasteiger partial charge in [0.25, 0.3) is 11.8 Å². The van der Waals surface area contributed by atoms with Crippen LogP contribution in [-0.2, 0) is 24.0 Å². The van der Waals surface area contributed by atoms with E-state index in [2.05, 4.69) is 10.2 Å². The number of imide groups is 1. The molecule has 1 rings (SSSR count). The number of amides is 3. The second kappa shape index (κ2) is 6.78. The van der Waals surface area contributed by atoms with Crippen LogP contribution in [0.5, 0.6) is 0 Å². The summed E-state index contributed by atoms with van der Waals surface area (Å²) in [6, 6.07) is 0. The van der Waals surface area contributed by atoms with Crippen LogP contribution in [0.1, 0.15) is 19.3 Å². The lowest BCUT2D eigenvalue weighted by Crippen LogP contribution is -2.33. The molecule has 0 aromatic carbocycles. The van der Waals surface area contributed by atoms with Gasteiger partial charge in [0.2, 0.25) is 5.91 Å². The number of hydrogen-bond acceptors (Lipinski definition) is 5. The predicted octanol–water partition coefficient (Wildman–Crippen LogP) is -0.730. The molecule has 0 spiro atoms. The van der Waals surface area contributed by atoms with E-state index in [4.69, 9.17) is 0 Å². The van der Waals surface area contributed by atoms with Gasteiger partial charge < -0.3 is 10.2 Å². The number of carbonyl (C=O) groups excluding carboxylic acids is 4. The Morgan fingerprint density at radius 3 is 2.50 bits per heavy atom. The Bertz CT molecular complexity index is 355. The van der Waals surface area contributed by atoms with Crippen LogP contribution in [0.2, 0.25) is 13.1 Å². The van der Waals surface area contributed by atoms with Crippen molar-refractivity contribution in [2.45, 2.75) is 32.4 Å². The van der Waals surface area contributed by atoms with E-state index in [1.165, 1.54) is 0 Å². The number of carbonyl (C=O) groups is 4. The lowest BCUT2D eigenvalue weighted by atomic mass is 9.78. The first-order valence-electron chi connectivity index (χ1n) is 5.65. The second-order valence-electron chi connectivity index (χ2n) is 3.76. The Labute approximate surface area is 105 Å². The third kappa shape index (κ3) is 4.19. The summed E-state index contributed by atoms with van der Waals surface area (Å²) in [5, 5.41) is 2.99. The topological polar surface area (TPSA) is 92.8 Å². The number of nitrogens with one attached hydrogen (secondary N) is 1. The van der Waals surface area contributed by atoms with E-state index in [1.54, 1.807) is 14.1 Å². The lowest BCUT2D eigenvalue weighted by Gasteiger charge is -2.12. The molecule has 1 saturated heterocycles. The van der Waals surface area contributed by atoms with Gasteiger partial charge in [-0.2, -0.15) is 0 Å². The minimum absolute atomic E-state index is 0.0647. The standard InChI is InChI=1S/C10H14BN2O5/c1-11-6-7(14)12-5-4-10(17)18-13-8(15)2-3-9(13)16/h2-6H2,1H3,(H,12,14). The Hall–Kier alpha value is -1.86. The number of nitrogens with zero attached hydrogens (tertiary/aromatic N) is 1. The fraction of sp³-hybridized carbons (Fsp3) is 0.600. The van der Waals surface area contributed by atoms with Crippen molar-refractivity contribution < 1.29 is 24.0 Å². The van der Waals surface area contributed by atoms with Crippen LogP contribution in [0.3, 0.4) is 0 Å². The summed E-state index contributed by atoms with van der Waals surface area (Å²) in [6.07, 6.45) is 0.315. The van der Waals surface area contributed by atoms with Crippen molar-refractivity contribution in [3.8, 4) is 0 Å². The molecule has 1 N–H and O–H groups in total. The zero-order valence-corrected chi connectivity index (χ0v) is 10.1. The number of hydrogen-bond donors (Lipinski definition) is 1. The molecule has 0 atom stereocenters. The summed E-state index contributed by atoms with van der Waals surface area (Å²) in [5.41, 5.74) is 0. The summed E-state index contributed by atoms with van der Waals surface area (Å²) in [7, 11) is 1.69. The first-order chi connectivity index (χ1) is 8.54. The van der Waals surface area contributed by atoms with Gasteiger partial charge in [-0.25, -0.2) is 4.79 Å². The molecule has 1 radical (unpaired) electrons. The molecule has 0 aromatic rings. The van der Waals surface area contributed by atoms with Gasteiger partial charge in [0.1, 0.15) is 7.28 Å². The summed E-state index contributed by atoms with van der Waals surface area (Å²) >= 11 is 0.